The molecule has 0 aromatic carbocycles. The first-order valence-electron chi connectivity index (χ1n) is 7.07. The topological polar surface area (TPSA) is 43.2 Å². The number of ether oxygens (including phenoxy) is 1. The Balaban J connectivity index is 1.99. The molecule has 0 radical (unpaired) electrons. The van der Waals surface area contributed by atoms with E-state index < -0.39 is 12.1 Å². The lowest BCUT2D eigenvalue weighted by Gasteiger charge is -2.27. The van der Waals surface area contributed by atoms with Crippen molar-refractivity contribution in [3.05, 3.63) is 11.6 Å². The molecule has 0 fully saturated rings. The van der Waals surface area contributed by atoms with E-state index in [2.05, 4.69) is 10.2 Å². The summed E-state index contributed by atoms with van der Waals surface area (Å²) >= 11 is 0. The van der Waals surface area contributed by atoms with Crippen LogP contribution < -0.4 is 0 Å². The third-order valence-electron chi connectivity index (χ3n) is 3.79. The predicted octanol–water partition coefficient (Wildman–Crippen LogP) is 1.87. The van der Waals surface area contributed by atoms with Gasteiger partial charge >= 0.3 is 6.18 Å². The highest BCUT2D eigenvalue weighted by Crippen LogP contribution is 2.34. The lowest BCUT2D eigenvalue weighted by atomic mass is 9.99. The van der Waals surface area contributed by atoms with Crippen molar-refractivity contribution in [2.75, 3.05) is 27.3 Å². The fraction of sp³-hybridized carbons (Fsp3) is 0.846. The van der Waals surface area contributed by atoms with Gasteiger partial charge in [0.25, 0.3) is 0 Å². The zero-order chi connectivity index (χ0) is 15.5. The van der Waals surface area contributed by atoms with E-state index in [0.717, 1.165) is 13.0 Å². The smallest absolute Gasteiger partial charge is 0.385 e. The van der Waals surface area contributed by atoms with E-state index in [0.29, 0.717) is 31.2 Å². The molecule has 1 aromatic heterocycles. The standard InChI is InChI=1S/C13H21F3N4O/c1-19(6-3-7-21-2)9-12-18-17-11-5-4-10(8-20(11)12)13(14,15)16/h10H,3-9H2,1-2H3. The van der Waals surface area contributed by atoms with Gasteiger partial charge in [-0.25, -0.2) is 0 Å². The summed E-state index contributed by atoms with van der Waals surface area (Å²) in [6.07, 6.45) is -2.83. The Morgan fingerprint density at radius 3 is 2.81 bits per heavy atom. The Kier molecular flexibility index (Phi) is 5.21. The van der Waals surface area contributed by atoms with E-state index in [1.54, 1.807) is 11.7 Å². The van der Waals surface area contributed by atoms with Gasteiger partial charge in [0.2, 0.25) is 0 Å². The van der Waals surface area contributed by atoms with Crippen molar-refractivity contribution in [2.24, 2.45) is 5.92 Å². The van der Waals surface area contributed by atoms with Crippen molar-refractivity contribution in [1.29, 1.82) is 0 Å². The molecular weight excluding hydrogens is 285 g/mol. The lowest BCUT2D eigenvalue weighted by molar-refractivity contribution is -0.182. The van der Waals surface area contributed by atoms with Crippen LogP contribution in [0.3, 0.4) is 0 Å². The first-order valence-corrected chi connectivity index (χ1v) is 7.07. The van der Waals surface area contributed by atoms with Gasteiger partial charge < -0.3 is 9.30 Å². The molecule has 1 aliphatic heterocycles. The van der Waals surface area contributed by atoms with Crippen molar-refractivity contribution in [2.45, 2.75) is 38.5 Å². The minimum atomic E-state index is -4.15. The maximum atomic E-state index is 12.9. The number of aryl methyl sites for hydroxylation is 1. The summed E-state index contributed by atoms with van der Waals surface area (Å²) < 4.78 is 45.2. The minimum absolute atomic E-state index is 0.0624. The van der Waals surface area contributed by atoms with E-state index in [4.69, 9.17) is 4.74 Å². The summed E-state index contributed by atoms with van der Waals surface area (Å²) in [5.74, 6) is -0.0202. The van der Waals surface area contributed by atoms with Gasteiger partial charge in [-0.05, 0) is 19.9 Å². The van der Waals surface area contributed by atoms with Gasteiger partial charge in [-0.1, -0.05) is 0 Å². The third kappa shape index (κ3) is 4.16. The molecule has 5 nitrogen and oxygen atoms in total. The van der Waals surface area contributed by atoms with E-state index >= 15 is 0 Å². The highest BCUT2D eigenvalue weighted by atomic mass is 19.4. The van der Waals surface area contributed by atoms with Gasteiger partial charge in [0, 0.05) is 33.2 Å². The number of fused-ring (bicyclic) bond motifs is 1. The van der Waals surface area contributed by atoms with Crippen LogP contribution in [0.25, 0.3) is 0 Å². The van der Waals surface area contributed by atoms with Gasteiger partial charge in [-0.3, -0.25) is 4.90 Å². The average molecular weight is 306 g/mol. The van der Waals surface area contributed by atoms with Crippen LogP contribution in [-0.4, -0.2) is 53.1 Å². The molecule has 2 heterocycles. The Morgan fingerprint density at radius 2 is 2.14 bits per heavy atom. The molecular formula is C13H21F3N4O. The van der Waals surface area contributed by atoms with Crippen LogP contribution in [0.1, 0.15) is 24.5 Å². The molecule has 1 aromatic rings. The molecule has 1 atom stereocenters. The van der Waals surface area contributed by atoms with Crippen molar-refractivity contribution >= 4 is 0 Å². The summed E-state index contributed by atoms with van der Waals surface area (Å²) in [7, 11) is 3.56. The van der Waals surface area contributed by atoms with Crippen LogP contribution in [0.5, 0.6) is 0 Å². The fourth-order valence-corrected chi connectivity index (χ4v) is 2.57. The number of alkyl halides is 3. The predicted molar refractivity (Wildman–Crippen MR) is 70.7 cm³/mol. The molecule has 0 bridgehead atoms. The second-order valence-electron chi connectivity index (χ2n) is 5.50. The summed E-state index contributed by atoms with van der Waals surface area (Å²) in [5, 5.41) is 8.07. The number of hydrogen-bond acceptors (Lipinski definition) is 4. The van der Waals surface area contributed by atoms with Crippen molar-refractivity contribution in [1.82, 2.24) is 19.7 Å². The number of rotatable bonds is 6. The van der Waals surface area contributed by atoms with E-state index in [1.807, 2.05) is 11.9 Å². The Bertz CT molecular complexity index is 461. The second-order valence-corrected chi connectivity index (χ2v) is 5.50. The molecule has 2 rings (SSSR count). The zero-order valence-corrected chi connectivity index (χ0v) is 12.4. The summed E-state index contributed by atoms with van der Waals surface area (Å²) in [6.45, 7) is 1.91. The number of halogens is 3. The normalized spacial score (nSPS) is 19.0. The first kappa shape index (κ1) is 16.2. The van der Waals surface area contributed by atoms with Gasteiger partial charge in [0.1, 0.15) is 11.6 Å². The fourth-order valence-electron chi connectivity index (χ4n) is 2.57. The van der Waals surface area contributed by atoms with E-state index in [9.17, 15) is 13.2 Å². The summed E-state index contributed by atoms with van der Waals surface area (Å²) in [5.41, 5.74) is 0. The Morgan fingerprint density at radius 1 is 1.38 bits per heavy atom. The van der Waals surface area contributed by atoms with Crippen molar-refractivity contribution in [3.8, 4) is 0 Å². The van der Waals surface area contributed by atoms with E-state index in [1.165, 1.54) is 0 Å². The SMILES string of the molecule is COCCCN(C)Cc1nnc2n1CC(C(F)(F)F)CC2. The van der Waals surface area contributed by atoms with E-state index in [-0.39, 0.29) is 13.0 Å². The number of hydrogen-bond donors (Lipinski definition) is 0. The minimum Gasteiger partial charge on any atom is -0.385 e. The molecule has 120 valence electrons. The zero-order valence-electron chi connectivity index (χ0n) is 12.4. The van der Waals surface area contributed by atoms with Gasteiger partial charge in [-0.15, -0.1) is 10.2 Å². The maximum absolute atomic E-state index is 12.9. The van der Waals surface area contributed by atoms with Crippen LogP contribution in [0.15, 0.2) is 0 Å². The molecule has 0 N–H and O–H groups in total. The highest BCUT2D eigenvalue weighted by Gasteiger charge is 2.42. The van der Waals surface area contributed by atoms with Crippen molar-refractivity contribution < 1.29 is 17.9 Å². The second kappa shape index (κ2) is 6.74. The molecule has 21 heavy (non-hydrogen) atoms. The summed E-state index contributed by atoms with van der Waals surface area (Å²) in [6, 6.07) is 0. The first-order chi connectivity index (χ1) is 9.91. The van der Waals surface area contributed by atoms with Crippen LogP contribution in [0, 0.1) is 5.92 Å². The third-order valence-corrected chi connectivity index (χ3v) is 3.79. The summed E-state index contributed by atoms with van der Waals surface area (Å²) in [4.78, 5) is 2.02. The quantitative estimate of drug-likeness (QED) is 0.753. The molecule has 0 saturated heterocycles. The molecule has 1 unspecified atom stereocenters. The monoisotopic (exact) mass is 306 g/mol. The lowest BCUT2D eigenvalue weighted by Crippen LogP contribution is -2.33. The maximum Gasteiger partial charge on any atom is 0.393 e. The molecule has 0 saturated carbocycles. The van der Waals surface area contributed by atoms with Crippen LogP contribution in [0.4, 0.5) is 13.2 Å². The Hall–Kier alpha value is -1.15. The van der Waals surface area contributed by atoms with Crippen LogP contribution in [-0.2, 0) is 24.2 Å². The van der Waals surface area contributed by atoms with Crippen LogP contribution >= 0.6 is 0 Å². The van der Waals surface area contributed by atoms with Gasteiger partial charge in [0.05, 0.1) is 12.5 Å². The molecule has 8 heteroatoms. The number of methoxy groups -OCH3 is 1. The van der Waals surface area contributed by atoms with Gasteiger partial charge in [-0.2, -0.15) is 13.2 Å². The van der Waals surface area contributed by atoms with Gasteiger partial charge in [0.15, 0.2) is 0 Å². The molecule has 1 aliphatic rings. The van der Waals surface area contributed by atoms with Crippen molar-refractivity contribution in [3.63, 3.8) is 0 Å². The largest absolute Gasteiger partial charge is 0.393 e. The Labute approximate surface area is 122 Å². The molecule has 0 aliphatic carbocycles. The molecule has 0 amide bonds. The average Bonchev–Trinajstić information content (AvgIpc) is 2.80. The molecule has 0 spiro atoms. The van der Waals surface area contributed by atoms with Crippen LogP contribution in [0.2, 0.25) is 0 Å². The number of aromatic nitrogens is 3. The highest BCUT2D eigenvalue weighted by molar-refractivity contribution is 5.01. The number of nitrogens with zero attached hydrogens (tertiary/aromatic N) is 4.